The van der Waals surface area contributed by atoms with Gasteiger partial charge in [0, 0.05) is 25.4 Å². The van der Waals surface area contributed by atoms with Crippen LogP contribution in [0.4, 0.5) is 0 Å². The van der Waals surface area contributed by atoms with E-state index in [9.17, 15) is 19.2 Å². The third-order valence-electron chi connectivity index (χ3n) is 8.02. The van der Waals surface area contributed by atoms with Crippen molar-refractivity contribution in [3.8, 4) is 11.8 Å². The zero-order chi connectivity index (χ0) is 29.9. The molecule has 41 heavy (non-hydrogen) atoms. The number of likely N-dealkylation sites (tertiary alicyclic amines) is 1. The van der Waals surface area contributed by atoms with Gasteiger partial charge in [-0.15, -0.1) is 11.8 Å². The second-order valence-electron chi connectivity index (χ2n) is 11.1. The number of nitrogens with zero attached hydrogens (tertiary/aromatic N) is 1. The van der Waals surface area contributed by atoms with Gasteiger partial charge in [-0.2, -0.15) is 0 Å². The molecule has 1 aliphatic carbocycles. The van der Waals surface area contributed by atoms with Crippen molar-refractivity contribution in [1.82, 2.24) is 31.5 Å². The lowest BCUT2D eigenvalue weighted by Gasteiger charge is -2.31. The highest BCUT2D eigenvalue weighted by Gasteiger charge is 2.38. The van der Waals surface area contributed by atoms with Gasteiger partial charge in [0.2, 0.25) is 23.6 Å². The molecule has 10 heteroatoms. The van der Waals surface area contributed by atoms with E-state index in [0.29, 0.717) is 25.8 Å². The summed E-state index contributed by atoms with van der Waals surface area (Å²) >= 11 is 0. The number of carbonyl (C=O) groups excluding carboxylic acids is 4. The minimum atomic E-state index is -0.885. The molecule has 0 aromatic heterocycles. The van der Waals surface area contributed by atoms with Crippen LogP contribution >= 0.6 is 0 Å². The lowest BCUT2D eigenvalue weighted by Crippen LogP contribution is -2.55. The third-order valence-corrected chi connectivity index (χ3v) is 8.02. The minimum absolute atomic E-state index is 0.0681. The first-order valence-corrected chi connectivity index (χ1v) is 14.8. The maximum Gasteiger partial charge on any atom is 0.246 e. The van der Waals surface area contributed by atoms with Crippen LogP contribution in [-0.2, 0) is 25.6 Å². The number of hydrogen-bond acceptors (Lipinski definition) is 6. The van der Waals surface area contributed by atoms with Crippen molar-refractivity contribution in [2.45, 2.75) is 102 Å². The molecular weight excluding hydrogens is 520 g/mol. The molecule has 4 amide bonds. The van der Waals surface area contributed by atoms with Crippen LogP contribution in [0.1, 0.15) is 76.5 Å². The van der Waals surface area contributed by atoms with Crippen LogP contribution in [0, 0.1) is 11.8 Å². The number of aryl methyl sites for hydroxylation is 1. The van der Waals surface area contributed by atoms with Crippen molar-refractivity contribution < 1.29 is 19.2 Å². The van der Waals surface area contributed by atoms with E-state index in [1.54, 1.807) is 32.8 Å². The van der Waals surface area contributed by atoms with Gasteiger partial charge in [-0.25, -0.2) is 0 Å². The first-order chi connectivity index (χ1) is 19.7. The molecule has 10 nitrogen and oxygen atoms in total. The second-order valence-corrected chi connectivity index (χ2v) is 11.1. The molecular formula is C31H46N6O4. The number of fused-ring (bicyclic) bond motifs is 1. The van der Waals surface area contributed by atoms with Crippen molar-refractivity contribution in [2.75, 3.05) is 20.6 Å². The Hall–Kier alpha value is -3.42. The summed E-state index contributed by atoms with van der Waals surface area (Å²) in [4.78, 5) is 53.6. The first-order valence-electron chi connectivity index (χ1n) is 14.8. The number of carbonyl (C=O) groups is 4. The van der Waals surface area contributed by atoms with Crippen LogP contribution in [0.2, 0.25) is 0 Å². The van der Waals surface area contributed by atoms with Crippen LogP contribution in [0.15, 0.2) is 24.3 Å². The number of likely N-dealkylation sites (N-methyl/N-ethyl adjacent to an activating group) is 2. The number of nitrogens with one attached hydrogen (secondary N) is 5. The number of benzene rings is 1. The van der Waals surface area contributed by atoms with Crippen LogP contribution in [0.25, 0.3) is 0 Å². The van der Waals surface area contributed by atoms with Crippen LogP contribution < -0.4 is 26.6 Å². The number of amides is 4. The highest BCUT2D eigenvalue weighted by molar-refractivity contribution is 5.93. The Morgan fingerprint density at radius 2 is 1.56 bits per heavy atom. The Morgan fingerprint density at radius 3 is 2.27 bits per heavy atom. The van der Waals surface area contributed by atoms with E-state index in [1.807, 2.05) is 19.1 Å². The van der Waals surface area contributed by atoms with Crippen molar-refractivity contribution in [3.05, 3.63) is 35.4 Å². The van der Waals surface area contributed by atoms with Crippen molar-refractivity contribution in [1.29, 1.82) is 0 Å². The Balaban J connectivity index is 1.68. The van der Waals surface area contributed by atoms with Gasteiger partial charge < -0.3 is 31.5 Å². The molecule has 1 aromatic rings. The van der Waals surface area contributed by atoms with Crippen LogP contribution in [0.5, 0.6) is 0 Å². The average Bonchev–Trinajstić information content (AvgIpc) is 3.47. The smallest absolute Gasteiger partial charge is 0.246 e. The van der Waals surface area contributed by atoms with Crippen molar-refractivity contribution >= 4 is 23.6 Å². The maximum absolute atomic E-state index is 13.8. The number of rotatable bonds is 11. The molecule has 6 unspecified atom stereocenters. The largest absolute Gasteiger partial charge is 0.351 e. The topological polar surface area (TPSA) is 132 Å². The molecule has 0 spiro atoms. The van der Waals surface area contributed by atoms with Gasteiger partial charge in [-0.3, -0.25) is 19.2 Å². The summed E-state index contributed by atoms with van der Waals surface area (Å²) in [6.45, 7) is 5.81. The Labute approximate surface area is 244 Å². The Morgan fingerprint density at radius 1 is 0.902 bits per heavy atom. The standard InChI is InChI=1S/C31H46N6O4/c1-20(34-28(38)21(2)32-4)12-6-9-16-26(36-29(39)22(3)33-5)31(41)37-19-11-18-27(37)30(40)35-25-17-10-14-23-13-7-8-15-24(23)25/h7-8,13,15,20-22,25-27,32-33H,10-12,14,16-19H2,1-5H3,(H,34,38)(H,35,40)(H,36,39). The summed E-state index contributed by atoms with van der Waals surface area (Å²) in [5, 5.41) is 14.7. The summed E-state index contributed by atoms with van der Waals surface area (Å²) in [5.74, 6) is 5.17. The quantitative estimate of drug-likeness (QED) is 0.256. The lowest BCUT2D eigenvalue weighted by molar-refractivity contribution is -0.141. The Bertz CT molecular complexity index is 1140. The third kappa shape index (κ3) is 8.78. The molecule has 0 saturated carbocycles. The van der Waals surface area contributed by atoms with Gasteiger partial charge >= 0.3 is 0 Å². The van der Waals surface area contributed by atoms with E-state index >= 15 is 0 Å². The van der Waals surface area contributed by atoms with E-state index in [4.69, 9.17) is 0 Å². The predicted octanol–water partition coefficient (Wildman–Crippen LogP) is 1.16. The minimum Gasteiger partial charge on any atom is -0.351 e. The van der Waals surface area contributed by atoms with Crippen LogP contribution in [-0.4, -0.2) is 79.4 Å². The van der Waals surface area contributed by atoms with E-state index in [2.05, 4.69) is 50.6 Å². The van der Waals surface area contributed by atoms with E-state index < -0.39 is 18.1 Å². The fourth-order valence-corrected chi connectivity index (χ4v) is 5.25. The normalized spacial score (nSPS) is 20.9. The highest BCUT2D eigenvalue weighted by Crippen LogP contribution is 2.30. The summed E-state index contributed by atoms with van der Waals surface area (Å²) < 4.78 is 0. The van der Waals surface area contributed by atoms with Gasteiger partial charge in [0.1, 0.15) is 12.1 Å². The number of hydrogen-bond donors (Lipinski definition) is 5. The first kappa shape index (κ1) is 32.1. The van der Waals surface area contributed by atoms with Crippen LogP contribution in [0.3, 0.4) is 0 Å². The van der Waals surface area contributed by atoms with E-state index in [1.165, 1.54) is 5.56 Å². The SMILES string of the molecule is CNC(C)C(=O)NC(C)CC#CCC(NC(=O)C(C)NC)C(=O)N1CCCC1C(=O)NC1CCCc2ccccc21. The molecule has 1 heterocycles. The van der Waals surface area contributed by atoms with Gasteiger partial charge in [0.15, 0.2) is 0 Å². The van der Waals surface area contributed by atoms with Gasteiger partial charge in [0.05, 0.1) is 18.1 Å². The molecule has 1 saturated heterocycles. The fraction of sp³-hybridized carbons (Fsp3) is 0.613. The molecule has 0 radical (unpaired) electrons. The zero-order valence-electron chi connectivity index (χ0n) is 25.0. The second kappa shape index (κ2) is 15.5. The average molecular weight is 567 g/mol. The molecule has 3 rings (SSSR count). The fourth-order valence-electron chi connectivity index (χ4n) is 5.25. The molecule has 1 aromatic carbocycles. The van der Waals surface area contributed by atoms with Gasteiger partial charge in [0.25, 0.3) is 0 Å². The van der Waals surface area contributed by atoms with Crippen molar-refractivity contribution in [3.63, 3.8) is 0 Å². The van der Waals surface area contributed by atoms with E-state index in [-0.39, 0.29) is 48.2 Å². The molecule has 2 aliphatic rings. The molecule has 5 N–H and O–H groups in total. The predicted molar refractivity (Wildman–Crippen MR) is 159 cm³/mol. The lowest BCUT2D eigenvalue weighted by atomic mass is 9.87. The molecule has 6 atom stereocenters. The summed E-state index contributed by atoms with van der Waals surface area (Å²) in [6, 6.07) is 5.67. The molecule has 224 valence electrons. The van der Waals surface area contributed by atoms with E-state index in [0.717, 1.165) is 24.8 Å². The molecule has 0 bridgehead atoms. The highest BCUT2D eigenvalue weighted by atomic mass is 16.2. The molecule has 1 fully saturated rings. The maximum atomic E-state index is 13.8. The molecule has 1 aliphatic heterocycles. The summed E-state index contributed by atoms with van der Waals surface area (Å²) in [6.07, 6.45) is 4.68. The summed E-state index contributed by atoms with van der Waals surface area (Å²) in [7, 11) is 3.40. The Kier molecular flexibility index (Phi) is 12.2. The zero-order valence-corrected chi connectivity index (χ0v) is 25.0. The van der Waals surface area contributed by atoms with Gasteiger partial charge in [-0.05, 0) is 78.1 Å². The van der Waals surface area contributed by atoms with Crippen molar-refractivity contribution in [2.24, 2.45) is 0 Å². The monoisotopic (exact) mass is 566 g/mol. The summed E-state index contributed by atoms with van der Waals surface area (Å²) in [5.41, 5.74) is 2.41. The van der Waals surface area contributed by atoms with Gasteiger partial charge in [-0.1, -0.05) is 24.3 Å².